The van der Waals surface area contributed by atoms with Gasteiger partial charge in [0.25, 0.3) is 0 Å². The van der Waals surface area contributed by atoms with Gasteiger partial charge in [-0.15, -0.1) is 0 Å². The first-order valence-corrected chi connectivity index (χ1v) is 11.1. The number of hydrogen-bond donors (Lipinski definition) is 0. The van der Waals surface area contributed by atoms with Crippen LogP contribution in [0.4, 0.5) is 4.39 Å². The largest absolute Gasteiger partial charge is 0.497 e. The van der Waals surface area contributed by atoms with Gasteiger partial charge in [0.15, 0.2) is 5.76 Å². The van der Waals surface area contributed by atoms with Crippen LogP contribution in [0.5, 0.6) is 17.2 Å². The van der Waals surface area contributed by atoms with E-state index in [1.165, 1.54) is 6.07 Å². The number of aromatic nitrogens is 1. The van der Waals surface area contributed by atoms with Gasteiger partial charge in [-0.1, -0.05) is 18.2 Å². The maximum atomic E-state index is 13.9. The van der Waals surface area contributed by atoms with Gasteiger partial charge in [-0.25, -0.2) is 4.39 Å². The van der Waals surface area contributed by atoms with Crippen molar-refractivity contribution < 1.29 is 23.4 Å². The predicted molar refractivity (Wildman–Crippen MR) is 129 cm³/mol. The van der Waals surface area contributed by atoms with E-state index in [9.17, 15) is 9.18 Å². The second-order valence-corrected chi connectivity index (χ2v) is 8.14. The number of hydrogen-bond acceptors (Lipinski definition) is 4. The Morgan fingerprint density at radius 2 is 1.94 bits per heavy atom. The zero-order chi connectivity index (χ0) is 23.8. The molecule has 4 aromatic rings. The second-order valence-electron chi connectivity index (χ2n) is 8.14. The van der Waals surface area contributed by atoms with E-state index >= 15 is 0 Å². The molecule has 1 aliphatic rings. The highest BCUT2D eigenvalue weighted by Gasteiger charge is 2.30. The molecule has 0 atom stereocenters. The van der Waals surface area contributed by atoms with Crippen LogP contribution in [0.15, 0.2) is 66.6 Å². The molecule has 6 heteroatoms. The number of carbonyl (C=O) groups excluding carboxylic acids is 1. The van der Waals surface area contributed by atoms with Crippen molar-refractivity contribution in [3.8, 4) is 17.2 Å². The van der Waals surface area contributed by atoms with Crippen LogP contribution in [-0.4, -0.2) is 17.5 Å². The van der Waals surface area contributed by atoms with Crippen LogP contribution in [0.3, 0.4) is 0 Å². The molecule has 0 N–H and O–H groups in total. The monoisotopic (exact) mass is 457 g/mol. The number of fused-ring (bicyclic) bond motifs is 2. The summed E-state index contributed by atoms with van der Waals surface area (Å²) in [7, 11) is 1.63. The van der Waals surface area contributed by atoms with Crippen molar-refractivity contribution in [1.82, 2.24) is 4.57 Å². The van der Waals surface area contributed by atoms with Crippen LogP contribution in [0.1, 0.15) is 34.0 Å². The molecule has 3 aromatic carbocycles. The number of halogens is 1. The van der Waals surface area contributed by atoms with E-state index in [0.717, 1.165) is 28.8 Å². The van der Waals surface area contributed by atoms with Crippen molar-refractivity contribution in [2.24, 2.45) is 0 Å². The smallest absolute Gasteiger partial charge is 0.231 e. The van der Waals surface area contributed by atoms with Gasteiger partial charge in [0.05, 0.1) is 12.7 Å². The standard InChI is InChI=1S/C28H24FNO4/c1-4-30-15-19(22-14-20(32-3)9-11-24(22)30)13-26-27(31)21-10-12-25(17(2)28(21)34-26)33-16-18-7-5-6-8-23(18)29/h5-15H,4,16H2,1-3H3. The molecule has 0 aliphatic carbocycles. The quantitative estimate of drug-likeness (QED) is 0.318. The topological polar surface area (TPSA) is 49.7 Å². The first kappa shape index (κ1) is 21.8. The molecule has 172 valence electrons. The minimum Gasteiger partial charge on any atom is -0.497 e. The summed E-state index contributed by atoms with van der Waals surface area (Å²) < 4.78 is 33.3. The first-order chi connectivity index (χ1) is 16.5. The van der Waals surface area contributed by atoms with Crippen LogP contribution in [0.2, 0.25) is 0 Å². The lowest BCUT2D eigenvalue weighted by Crippen LogP contribution is -2.00. The number of nitrogens with zero attached hydrogens (tertiary/aromatic N) is 1. The second kappa shape index (κ2) is 8.71. The lowest BCUT2D eigenvalue weighted by atomic mass is 10.1. The molecule has 0 unspecified atom stereocenters. The van der Waals surface area contributed by atoms with Gasteiger partial charge < -0.3 is 18.8 Å². The Kier molecular flexibility index (Phi) is 5.57. The van der Waals surface area contributed by atoms with E-state index in [4.69, 9.17) is 14.2 Å². The summed E-state index contributed by atoms with van der Waals surface area (Å²) in [5, 5.41) is 0.978. The Morgan fingerprint density at radius 3 is 2.71 bits per heavy atom. The van der Waals surface area contributed by atoms with E-state index in [-0.39, 0.29) is 24.0 Å². The zero-order valence-corrected chi connectivity index (χ0v) is 19.2. The highest BCUT2D eigenvalue weighted by Crippen LogP contribution is 2.40. The van der Waals surface area contributed by atoms with Crippen LogP contribution >= 0.6 is 0 Å². The van der Waals surface area contributed by atoms with Crippen molar-refractivity contribution in [2.45, 2.75) is 27.0 Å². The minimum atomic E-state index is -0.319. The van der Waals surface area contributed by atoms with E-state index in [2.05, 4.69) is 11.5 Å². The van der Waals surface area contributed by atoms with E-state index < -0.39 is 0 Å². The highest BCUT2D eigenvalue weighted by atomic mass is 19.1. The Bertz CT molecular complexity index is 1450. The van der Waals surface area contributed by atoms with Gasteiger partial charge in [0.1, 0.15) is 29.7 Å². The number of rotatable bonds is 6. The molecule has 0 spiro atoms. The summed E-state index contributed by atoms with van der Waals surface area (Å²) in [6.07, 6.45) is 3.78. The fourth-order valence-corrected chi connectivity index (χ4v) is 4.24. The fraction of sp³-hybridized carbons (Fsp3) is 0.179. The Morgan fingerprint density at radius 1 is 1.12 bits per heavy atom. The number of Topliss-reactive ketones (excluding diaryl/α,β-unsaturated/α-hetero) is 1. The van der Waals surface area contributed by atoms with Gasteiger partial charge in [-0.3, -0.25) is 4.79 Å². The molecule has 0 radical (unpaired) electrons. The van der Waals surface area contributed by atoms with Crippen molar-refractivity contribution in [3.63, 3.8) is 0 Å². The van der Waals surface area contributed by atoms with Crippen molar-refractivity contribution in [2.75, 3.05) is 7.11 Å². The minimum absolute atomic E-state index is 0.0846. The molecular weight excluding hydrogens is 433 g/mol. The van der Waals surface area contributed by atoms with Gasteiger partial charge in [0.2, 0.25) is 5.78 Å². The third-order valence-electron chi connectivity index (χ3n) is 6.12. The summed E-state index contributed by atoms with van der Waals surface area (Å²) in [6, 6.07) is 15.8. The van der Waals surface area contributed by atoms with Crippen molar-refractivity contribution >= 4 is 22.8 Å². The summed E-state index contributed by atoms with van der Waals surface area (Å²) in [4.78, 5) is 13.1. The van der Waals surface area contributed by atoms with E-state index in [1.807, 2.05) is 31.3 Å². The third kappa shape index (κ3) is 3.71. The van der Waals surface area contributed by atoms with Crippen LogP contribution in [-0.2, 0) is 13.2 Å². The molecule has 1 aliphatic heterocycles. The molecule has 0 bridgehead atoms. The zero-order valence-electron chi connectivity index (χ0n) is 19.2. The average molecular weight is 458 g/mol. The molecular formula is C28H24FNO4. The number of carbonyl (C=O) groups is 1. The molecule has 5 rings (SSSR count). The predicted octanol–water partition coefficient (Wildman–Crippen LogP) is 6.31. The summed E-state index contributed by atoms with van der Waals surface area (Å²) in [5.74, 6) is 1.51. The Hall–Kier alpha value is -4.06. The van der Waals surface area contributed by atoms with Crippen LogP contribution < -0.4 is 14.2 Å². The molecule has 0 saturated carbocycles. The lowest BCUT2D eigenvalue weighted by molar-refractivity contribution is 0.101. The Balaban J connectivity index is 1.46. The van der Waals surface area contributed by atoms with Crippen molar-refractivity contribution in [1.29, 1.82) is 0 Å². The van der Waals surface area contributed by atoms with Crippen LogP contribution in [0, 0.1) is 12.7 Å². The molecule has 34 heavy (non-hydrogen) atoms. The number of ether oxygens (including phenoxy) is 3. The SMILES string of the molecule is CCn1cc(C=C2Oc3c(ccc(OCc4ccccc4F)c3C)C2=O)c2cc(OC)ccc21. The number of aryl methyl sites for hydroxylation is 1. The molecule has 5 nitrogen and oxygen atoms in total. The van der Waals surface area contributed by atoms with Gasteiger partial charge in [0, 0.05) is 40.3 Å². The van der Waals surface area contributed by atoms with Gasteiger partial charge in [-0.2, -0.15) is 0 Å². The molecule has 0 amide bonds. The highest BCUT2D eigenvalue weighted by molar-refractivity contribution is 6.15. The number of allylic oxidation sites excluding steroid dienone is 1. The van der Waals surface area contributed by atoms with E-state index in [0.29, 0.717) is 28.2 Å². The van der Waals surface area contributed by atoms with Crippen LogP contribution in [0.25, 0.3) is 17.0 Å². The molecule has 1 aromatic heterocycles. The molecule has 0 saturated heterocycles. The number of ketones is 1. The van der Waals surface area contributed by atoms with Gasteiger partial charge >= 0.3 is 0 Å². The number of methoxy groups -OCH3 is 1. The first-order valence-electron chi connectivity index (χ1n) is 11.1. The maximum Gasteiger partial charge on any atom is 0.231 e. The lowest BCUT2D eigenvalue weighted by Gasteiger charge is -2.12. The summed E-state index contributed by atoms with van der Waals surface area (Å²) in [6.45, 7) is 4.78. The fourth-order valence-electron chi connectivity index (χ4n) is 4.24. The molecule has 0 fully saturated rings. The van der Waals surface area contributed by atoms with Crippen molar-refractivity contribution in [3.05, 3.63) is 94.6 Å². The summed E-state index contributed by atoms with van der Waals surface area (Å²) >= 11 is 0. The summed E-state index contributed by atoms with van der Waals surface area (Å²) in [5.41, 5.74) is 3.57. The maximum absolute atomic E-state index is 13.9. The number of benzene rings is 3. The molecule has 2 heterocycles. The normalized spacial score (nSPS) is 13.9. The third-order valence-corrected chi connectivity index (χ3v) is 6.12. The van der Waals surface area contributed by atoms with Gasteiger partial charge in [-0.05, 0) is 56.3 Å². The van der Waals surface area contributed by atoms with E-state index in [1.54, 1.807) is 43.5 Å². The average Bonchev–Trinajstić information content (AvgIpc) is 3.37. The Labute approximate surface area is 197 Å².